The number of nitrogens with one attached hydrogen (secondary N) is 2. The molecule has 0 spiro atoms. The molecule has 1 unspecified atom stereocenters. The van der Waals surface area contributed by atoms with Gasteiger partial charge in [0.1, 0.15) is 17.0 Å². The molecule has 0 amide bonds. The number of methoxy groups -OCH3 is 1. The summed E-state index contributed by atoms with van der Waals surface area (Å²) >= 11 is 0. The van der Waals surface area contributed by atoms with Crippen molar-refractivity contribution in [1.29, 1.82) is 0 Å². The molecule has 1 aliphatic rings. The van der Waals surface area contributed by atoms with Crippen molar-refractivity contribution < 1.29 is 17.5 Å². The van der Waals surface area contributed by atoms with Crippen molar-refractivity contribution >= 4 is 55.6 Å². The van der Waals surface area contributed by atoms with Crippen LogP contribution < -0.4 is 24.6 Å². The SMILES string of the molecule is CCc1cc(Nc2ncc(F)c(Nc3ccc4nccnc4c3N(C)S(C)(=O)=O)n2)c(OC)cc1N1CCC(N(C)C)C1. The lowest BCUT2D eigenvalue weighted by Gasteiger charge is -2.25. The average Bonchev–Trinajstić information content (AvgIpc) is 3.48. The van der Waals surface area contributed by atoms with Crippen LogP contribution >= 0.6 is 0 Å². The Morgan fingerprint density at radius 1 is 1.09 bits per heavy atom. The van der Waals surface area contributed by atoms with Gasteiger partial charge in [-0.2, -0.15) is 4.98 Å². The van der Waals surface area contributed by atoms with E-state index in [0.29, 0.717) is 28.5 Å². The smallest absolute Gasteiger partial charge is 0.232 e. The first-order valence-corrected chi connectivity index (χ1v) is 15.7. The molecule has 0 aliphatic carbocycles. The van der Waals surface area contributed by atoms with Gasteiger partial charge in [0, 0.05) is 50.3 Å². The second kappa shape index (κ2) is 12.1. The molecule has 0 saturated carbocycles. The van der Waals surface area contributed by atoms with Crippen LogP contribution in [0.15, 0.2) is 42.9 Å². The standard InChI is InChI=1S/C29H36FN9O3S/c1-7-18-14-23(25(42-5)15-24(18)39-13-10-19(17-39)37(2)3)35-29-33-16-20(30)28(36-29)34-22-9-8-21-26(32-12-11-31-21)27(22)38(4)43(6,40)41/h8-9,11-12,14-16,19H,7,10,13,17H2,1-6H3,(H2,33,34,35,36). The van der Waals surface area contributed by atoms with E-state index < -0.39 is 15.8 Å². The zero-order chi connectivity index (χ0) is 30.9. The highest BCUT2D eigenvalue weighted by molar-refractivity contribution is 7.92. The van der Waals surface area contributed by atoms with Crippen LogP contribution in [0.3, 0.4) is 0 Å². The maximum atomic E-state index is 15.0. The Hall–Kier alpha value is -4.30. The summed E-state index contributed by atoms with van der Waals surface area (Å²) in [4.78, 5) is 21.8. The normalized spacial score (nSPS) is 15.3. The number of aromatic nitrogens is 4. The number of hydrogen-bond donors (Lipinski definition) is 2. The van der Waals surface area contributed by atoms with Crippen LogP contribution in [0.1, 0.15) is 18.9 Å². The van der Waals surface area contributed by atoms with E-state index in [9.17, 15) is 8.42 Å². The summed E-state index contributed by atoms with van der Waals surface area (Å²) in [5.41, 5.74) is 4.21. The number of rotatable bonds is 10. The summed E-state index contributed by atoms with van der Waals surface area (Å²) in [6.07, 6.45) is 6.99. The molecule has 5 rings (SSSR count). The molecule has 0 bridgehead atoms. The fourth-order valence-electron chi connectivity index (χ4n) is 5.21. The highest BCUT2D eigenvalue weighted by Gasteiger charge is 2.27. The topological polar surface area (TPSA) is 129 Å². The molecule has 1 aliphatic heterocycles. The number of anilines is 6. The number of benzene rings is 2. The maximum Gasteiger partial charge on any atom is 0.232 e. The summed E-state index contributed by atoms with van der Waals surface area (Å²) in [6, 6.07) is 7.79. The lowest BCUT2D eigenvalue weighted by atomic mass is 10.1. The summed E-state index contributed by atoms with van der Waals surface area (Å²) in [5.74, 6) is -0.140. The van der Waals surface area contributed by atoms with Crippen molar-refractivity contribution in [2.75, 3.05) is 67.4 Å². The number of ether oxygens (including phenoxy) is 1. The van der Waals surface area contributed by atoms with Gasteiger partial charge < -0.3 is 25.2 Å². The van der Waals surface area contributed by atoms with Crippen molar-refractivity contribution in [3.8, 4) is 5.75 Å². The Kier molecular flexibility index (Phi) is 8.51. The van der Waals surface area contributed by atoms with E-state index in [1.807, 2.05) is 12.1 Å². The highest BCUT2D eigenvalue weighted by atomic mass is 32.2. The molecule has 228 valence electrons. The van der Waals surface area contributed by atoms with Gasteiger partial charge in [-0.15, -0.1) is 0 Å². The van der Waals surface area contributed by atoms with Crippen LogP contribution in [0.4, 0.5) is 38.9 Å². The van der Waals surface area contributed by atoms with Gasteiger partial charge in [-0.1, -0.05) is 6.92 Å². The van der Waals surface area contributed by atoms with E-state index in [1.54, 1.807) is 19.2 Å². The molecule has 1 saturated heterocycles. The van der Waals surface area contributed by atoms with Crippen LogP contribution in [-0.2, 0) is 16.4 Å². The summed E-state index contributed by atoms with van der Waals surface area (Å²) in [6.45, 7) is 3.99. The van der Waals surface area contributed by atoms with Crippen molar-refractivity contribution in [3.63, 3.8) is 0 Å². The van der Waals surface area contributed by atoms with Crippen molar-refractivity contribution in [2.24, 2.45) is 0 Å². The molecule has 4 aromatic rings. The molecular formula is C29H36FN9O3S. The van der Waals surface area contributed by atoms with Gasteiger partial charge in [0.2, 0.25) is 16.0 Å². The van der Waals surface area contributed by atoms with E-state index in [4.69, 9.17) is 4.74 Å². The zero-order valence-corrected chi connectivity index (χ0v) is 25.9. The second-order valence-electron chi connectivity index (χ2n) is 10.6. The lowest BCUT2D eigenvalue weighted by molar-refractivity contribution is 0.315. The number of aryl methyl sites for hydroxylation is 1. The third-order valence-electron chi connectivity index (χ3n) is 7.69. The maximum absolute atomic E-state index is 15.0. The minimum atomic E-state index is -3.69. The van der Waals surface area contributed by atoms with E-state index >= 15 is 4.39 Å². The molecule has 2 aromatic carbocycles. The lowest BCUT2D eigenvalue weighted by Crippen LogP contribution is -2.31. The number of halogens is 1. The first kappa shape index (κ1) is 30.2. The molecule has 12 nitrogen and oxygen atoms in total. The molecule has 1 atom stereocenters. The minimum absolute atomic E-state index is 0.129. The molecule has 2 aromatic heterocycles. The van der Waals surface area contributed by atoms with Crippen molar-refractivity contribution in [3.05, 3.63) is 54.2 Å². The fraction of sp³-hybridized carbons (Fsp3) is 0.379. The van der Waals surface area contributed by atoms with Crippen molar-refractivity contribution in [1.82, 2.24) is 24.8 Å². The molecular weight excluding hydrogens is 573 g/mol. The summed E-state index contributed by atoms with van der Waals surface area (Å²) in [5, 5.41) is 6.12. The first-order chi connectivity index (χ1) is 20.5. The molecule has 1 fully saturated rings. The minimum Gasteiger partial charge on any atom is -0.494 e. The monoisotopic (exact) mass is 609 g/mol. The van der Waals surface area contributed by atoms with Gasteiger partial charge in [-0.25, -0.2) is 17.8 Å². The quantitative estimate of drug-likeness (QED) is 0.269. The Labute approximate surface area is 251 Å². The van der Waals surface area contributed by atoms with E-state index in [-0.39, 0.29) is 23.1 Å². The van der Waals surface area contributed by atoms with Crippen LogP contribution in [0, 0.1) is 5.82 Å². The largest absolute Gasteiger partial charge is 0.494 e. The summed E-state index contributed by atoms with van der Waals surface area (Å²) < 4.78 is 46.8. The van der Waals surface area contributed by atoms with Gasteiger partial charge >= 0.3 is 0 Å². The predicted octanol–water partition coefficient (Wildman–Crippen LogP) is 4.15. The Balaban J connectivity index is 1.48. The average molecular weight is 610 g/mol. The van der Waals surface area contributed by atoms with Gasteiger partial charge in [-0.3, -0.25) is 14.3 Å². The third-order valence-corrected chi connectivity index (χ3v) is 8.86. The van der Waals surface area contributed by atoms with Crippen LogP contribution in [0.25, 0.3) is 11.0 Å². The number of likely N-dealkylation sites (N-methyl/N-ethyl adjacent to an activating group) is 1. The number of fused-ring (bicyclic) bond motifs is 1. The van der Waals surface area contributed by atoms with E-state index in [1.165, 1.54) is 19.4 Å². The van der Waals surface area contributed by atoms with Crippen molar-refractivity contribution in [2.45, 2.75) is 25.8 Å². The van der Waals surface area contributed by atoms with Gasteiger partial charge in [0.25, 0.3) is 0 Å². The number of hydrogen-bond acceptors (Lipinski definition) is 11. The summed E-state index contributed by atoms with van der Waals surface area (Å²) in [7, 11) is 3.52. The highest BCUT2D eigenvalue weighted by Crippen LogP contribution is 2.38. The first-order valence-electron chi connectivity index (χ1n) is 13.9. The number of sulfonamides is 1. The van der Waals surface area contributed by atoms with Gasteiger partial charge in [-0.05, 0) is 50.7 Å². The predicted molar refractivity (Wildman–Crippen MR) is 168 cm³/mol. The van der Waals surface area contributed by atoms with E-state index in [2.05, 4.69) is 61.4 Å². The molecule has 43 heavy (non-hydrogen) atoms. The van der Waals surface area contributed by atoms with Crippen LogP contribution in [0.2, 0.25) is 0 Å². The number of nitrogens with zero attached hydrogens (tertiary/aromatic N) is 7. The zero-order valence-electron chi connectivity index (χ0n) is 25.1. The van der Waals surface area contributed by atoms with Gasteiger partial charge in [0.15, 0.2) is 11.6 Å². The second-order valence-corrected chi connectivity index (χ2v) is 12.7. The van der Waals surface area contributed by atoms with Gasteiger partial charge in [0.05, 0.1) is 36.5 Å². The molecule has 0 radical (unpaired) electrons. The third kappa shape index (κ3) is 6.25. The van der Waals surface area contributed by atoms with Crippen LogP contribution in [0.5, 0.6) is 5.75 Å². The van der Waals surface area contributed by atoms with Crippen LogP contribution in [-0.4, -0.2) is 86.9 Å². The molecule has 2 N–H and O–H groups in total. The van der Waals surface area contributed by atoms with E-state index in [0.717, 1.165) is 53.9 Å². The molecule has 3 heterocycles. The molecule has 14 heteroatoms. The Morgan fingerprint density at radius 2 is 1.86 bits per heavy atom. The fourth-order valence-corrected chi connectivity index (χ4v) is 5.73. The Bertz CT molecular complexity index is 1750. The Morgan fingerprint density at radius 3 is 2.53 bits per heavy atom.